The van der Waals surface area contributed by atoms with E-state index in [1.165, 1.54) is 19.1 Å². The number of Topliss-reactive ketones (excluding diaryl/α,β-unsaturated/α-hetero) is 1. The Bertz CT molecular complexity index is 821. The molecule has 0 radical (unpaired) electrons. The molecule has 0 aliphatic heterocycles. The number of hydrogen-bond acceptors (Lipinski definition) is 4. The highest BCUT2D eigenvalue weighted by atomic mass is 35.5. The monoisotopic (exact) mass is 340 g/mol. The Kier molecular flexibility index (Phi) is 5.46. The number of carbonyl (C=O) groups is 3. The molecular weight excluding hydrogens is 328 g/mol. The first-order valence-corrected chi connectivity index (χ1v) is 7.41. The van der Waals surface area contributed by atoms with Gasteiger partial charge in [-0.25, -0.2) is 0 Å². The third-order valence-electron chi connectivity index (χ3n) is 3.32. The van der Waals surface area contributed by atoms with E-state index in [0.717, 1.165) is 0 Å². The molecule has 0 aliphatic rings. The van der Waals surface area contributed by atoms with Crippen molar-refractivity contribution in [3.63, 3.8) is 0 Å². The van der Waals surface area contributed by atoms with E-state index in [9.17, 15) is 14.4 Å². The van der Waals surface area contributed by atoms with Crippen LogP contribution >= 0.6 is 11.6 Å². The van der Waals surface area contributed by atoms with Crippen LogP contribution < -0.4 is 5.32 Å². The highest BCUT2D eigenvalue weighted by Gasteiger charge is 2.22. The normalized spacial score (nSPS) is 11.2. The quantitative estimate of drug-likeness (QED) is 0.668. The van der Waals surface area contributed by atoms with Gasteiger partial charge in [-0.15, -0.1) is 0 Å². The zero-order valence-corrected chi connectivity index (χ0v) is 13.5. The molecule has 2 aromatic carbocycles. The molecule has 24 heavy (non-hydrogen) atoms. The predicted octanol–water partition coefficient (Wildman–Crippen LogP) is 3.24. The summed E-state index contributed by atoms with van der Waals surface area (Å²) in [6, 6.07) is 14.4. The zero-order valence-electron chi connectivity index (χ0n) is 12.7. The van der Waals surface area contributed by atoms with Gasteiger partial charge in [-0.3, -0.25) is 14.4 Å². The summed E-state index contributed by atoms with van der Waals surface area (Å²) in [6.45, 7) is 1.18. The van der Waals surface area contributed by atoms with Crippen molar-refractivity contribution in [2.75, 3.05) is 5.32 Å². The van der Waals surface area contributed by atoms with Crippen LogP contribution in [0, 0.1) is 17.2 Å². The van der Waals surface area contributed by atoms with Crippen molar-refractivity contribution in [3.8, 4) is 6.07 Å². The van der Waals surface area contributed by atoms with Gasteiger partial charge in [0.05, 0.1) is 6.07 Å². The van der Waals surface area contributed by atoms with Crippen LogP contribution in [-0.4, -0.2) is 17.5 Å². The van der Waals surface area contributed by atoms with Crippen molar-refractivity contribution in [1.29, 1.82) is 5.26 Å². The Morgan fingerprint density at radius 1 is 1.00 bits per heavy atom. The van der Waals surface area contributed by atoms with Crippen LogP contribution in [0.2, 0.25) is 5.02 Å². The molecule has 2 rings (SSSR count). The van der Waals surface area contributed by atoms with Crippen molar-refractivity contribution >= 4 is 34.8 Å². The lowest BCUT2D eigenvalue weighted by Crippen LogP contribution is -2.26. The molecular formula is C18H13ClN2O3. The first-order valence-electron chi connectivity index (χ1n) is 7.03. The summed E-state index contributed by atoms with van der Waals surface area (Å²) in [5.74, 6) is -2.74. The summed E-state index contributed by atoms with van der Waals surface area (Å²) >= 11 is 5.79. The molecule has 1 atom stereocenters. The number of nitrogens with one attached hydrogen (secondary N) is 1. The van der Waals surface area contributed by atoms with Crippen LogP contribution in [0.1, 0.15) is 22.8 Å². The standard InChI is InChI=1S/C18H13ClN2O3/c1-11(22)16(10-20)18(24)21-15-8-4-13(5-9-15)17(23)12-2-6-14(19)7-3-12/h2-9,16H,1H3,(H,21,24). The number of ketones is 2. The SMILES string of the molecule is CC(=O)C(C#N)C(=O)Nc1ccc(C(=O)c2ccc(Cl)cc2)cc1. The molecule has 0 fully saturated rings. The Labute approximate surface area is 143 Å². The third-order valence-corrected chi connectivity index (χ3v) is 3.57. The van der Waals surface area contributed by atoms with Crippen molar-refractivity contribution in [2.24, 2.45) is 5.92 Å². The van der Waals surface area contributed by atoms with Crippen LogP contribution in [0.25, 0.3) is 0 Å². The first-order chi connectivity index (χ1) is 11.4. The molecule has 0 spiro atoms. The van der Waals surface area contributed by atoms with Gasteiger partial charge in [0.2, 0.25) is 5.91 Å². The number of carbonyl (C=O) groups excluding carboxylic acids is 3. The van der Waals surface area contributed by atoms with E-state index in [1.54, 1.807) is 42.5 Å². The lowest BCUT2D eigenvalue weighted by Gasteiger charge is -2.08. The summed E-state index contributed by atoms with van der Waals surface area (Å²) in [7, 11) is 0. The van der Waals surface area contributed by atoms with Crippen LogP contribution in [0.15, 0.2) is 48.5 Å². The zero-order chi connectivity index (χ0) is 17.7. The van der Waals surface area contributed by atoms with Gasteiger partial charge in [-0.1, -0.05) is 11.6 Å². The third kappa shape index (κ3) is 4.06. The molecule has 0 aliphatic carbocycles. The van der Waals surface area contributed by atoms with E-state index in [-0.39, 0.29) is 5.78 Å². The molecule has 1 N–H and O–H groups in total. The average Bonchev–Trinajstić information content (AvgIpc) is 2.56. The maximum Gasteiger partial charge on any atom is 0.249 e. The molecule has 6 heteroatoms. The van der Waals surface area contributed by atoms with E-state index in [0.29, 0.717) is 21.8 Å². The van der Waals surface area contributed by atoms with Gasteiger partial charge in [-0.05, 0) is 55.5 Å². The molecule has 0 aromatic heterocycles. The summed E-state index contributed by atoms with van der Waals surface area (Å²) < 4.78 is 0. The second-order valence-electron chi connectivity index (χ2n) is 5.08. The molecule has 2 aromatic rings. The minimum Gasteiger partial charge on any atom is -0.325 e. The molecule has 0 saturated carbocycles. The maximum absolute atomic E-state index is 12.3. The van der Waals surface area contributed by atoms with E-state index < -0.39 is 17.6 Å². The second-order valence-corrected chi connectivity index (χ2v) is 5.51. The topological polar surface area (TPSA) is 87.0 Å². The lowest BCUT2D eigenvalue weighted by atomic mass is 10.0. The lowest BCUT2D eigenvalue weighted by molar-refractivity contribution is -0.127. The van der Waals surface area contributed by atoms with Gasteiger partial charge in [-0.2, -0.15) is 5.26 Å². The van der Waals surface area contributed by atoms with E-state index in [4.69, 9.17) is 16.9 Å². The molecule has 1 amide bonds. The largest absolute Gasteiger partial charge is 0.325 e. The number of nitrogens with zero attached hydrogens (tertiary/aromatic N) is 1. The minimum absolute atomic E-state index is 0.178. The number of halogens is 1. The average molecular weight is 341 g/mol. The van der Waals surface area contributed by atoms with Gasteiger partial charge < -0.3 is 5.32 Å². The Hall–Kier alpha value is -2.97. The number of benzene rings is 2. The maximum atomic E-state index is 12.3. The fourth-order valence-electron chi connectivity index (χ4n) is 2.02. The second kappa shape index (κ2) is 7.53. The van der Waals surface area contributed by atoms with Crippen molar-refractivity contribution in [1.82, 2.24) is 0 Å². The van der Waals surface area contributed by atoms with Gasteiger partial charge in [0.15, 0.2) is 17.5 Å². The first kappa shape index (κ1) is 17.4. The fraction of sp³-hybridized carbons (Fsp3) is 0.111. The number of nitriles is 1. The predicted molar refractivity (Wildman–Crippen MR) is 89.7 cm³/mol. The van der Waals surface area contributed by atoms with Crippen LogP contribution in [0.3, 0.4) is 0 Å². The van der Waals surface area contributed by atoms with E-state index in [1.807, 2.05) is 0 Å². The Morgan fingerprint density at radius 2 is 1.50 bits per heavy atom. The smallest absolute Gasteiger partial charge is 0.249 e. The number of amides is 1. The highest BCUT2D eigenvalue weighted by molar-refractivity contribution is 6.30. The molecule has 5 nitrogen and oxygen atoms in total. The van der Waals surface area contributed by atoms with Crippen LogP contribution in [0.4, 0.5) is 5.69 Å². The van der Waals surface area contributed by atoms with Gasteiger partial charge >= 0.3 is 0 Å². The van der Waals surface area contributed by atoms with Gasteiger partial charge in [0.1, 0.15) is 0 Å². The van der Waals surface area contributed by atoms with E-state index >= 15 is 0 Å². The van der Waals surface area contributed by atoms with Crippen LogP contribution in [0.5, 0.6) is 0 Å². The highest BCUT2D eigenvalue weighted by Crippen LogP contribution is 2.16. The van der Waals surface area contributed by atoms with Crippen molar-refractivity contribution < 1.29 is 14.4 Å². The van der Waals surface area contributed by atoms with Gasteiger partial charge in [0, 0.05) is 21.8 Å². The molecule has 0 bridgehead atoms. The Morgan fingerprint density at radius 3 is 1.96 bits per heavy atom. The van der Waals surface area contributed by atoms with E-state index in [2.05, 4.69) is 5.32 Å². The number of hydrogen-bond donors (Lipinski definition) is 1. The summed E-state index contributed by atoms with van der Waals surface area (Å²) in [5, 5.41) is 11.8. The number of rotatable bonds is 5. The van der Waals surface area contributed by atoms with Crippen LogP contribution in [-0.2, 0) is 9.59 Å². The fourth-order valence-corrected chi connectivity index (χ4v) is 2.15. The molecule has 120 valence electrons. The van der Waals surface area contributed by atoms with Gasteiger partial charge in [0.25, 0.3) is 0 Å². The summed E-state index contributed by atoms with van der Waals surface area (Å²) in [5.41, 5.74) is 1.34. The molecule has 0 heterocycles. The number of anilines is 1. The summed E-state index contributed by atoms with van der Waals surface area (Å²) in [6.07, 6.45) is 0. The van der Waals surface area contributed by atoms with Crippen molar-refractivity contribution in [2.45, 2.75) is 6.92 Å². The summed E-state index contributed by atoms with van der Waals surface area (Å²) in [4.78, 5) is 35.3. The Balaban J connectivity index is 2.12. The molecule has 0 saturated heterocycles. The van der Waals surface area contributed by atoms with Crippen molar-refractivity contribution in [3.05, 3.63) is 64.7 Å². The molecule has 1 unspecified atom stereocenters. The minimum atomic E-state index is -1.35.